The molecule has 2 rings (SSSR count). The lowest BCUT2D eigenvalue weighted by molar-refractivity contribution is 0.0509. The molecule has 0 spiro atoms. The van der Waals surface area contributed by atoms with E-state index in [4.69, 9.17) is 4.74 Å². The molecule has 9 heteroatoms. The Kier molecular flexibility index (Phi) is 6.23. The van der Waals surface area contributed by atoms with Crippen molar-refractivity contribution in [2.24, 2.45) is 0 Å². The average molecular weight is 373 g/mol. The van der Waals surface area contributed by atoms with Crippen molar-refractivity contribution in [3.8, 4) is 0 Å². The maximum atomic E-state index is 14.3. The number of rotatable bonds is 5. The predicted octanol–water partition coefficient (Wildman–Crippen LogP) is 1.98. The zero-order valence-electron chi connectivity index (χ0n) is 14.3. The van der Waals surface area contributed by atoms with Crippen molar-refractivity contribution in [1.82, 2.24) is 5.32 Å². The highest BCUT2D eigenvalue weighted by molar-refractivity contribution is 7.67. The number of hydrogen-bond acceptors (Lipinski definition) is 6. The number of halogens is 1. The SMILES string of the molecule is CC(C)(C)OC(=O)N[C@H]1CCN(c2c(F)cccc2[CH]O[SH](=O)=O)C1. The fourth-order valence-corrected chi connectivity index (χ4v) is 2.82. The normalized spacial score (nSPS) is 17.8. The summed E-state index contributed by atoms with van der Waals surface area (Å²) in [6.45, 7) is 7.20. The lowest BCUT2D eigenvalue weighted by Gasteiger charge is -2.23. The van der Waals surface area contributed by atoms with Crippen LogP contribution in [0.1, 0.15) is 32.8 Å². The van der Waals surface area contributed by atoms with Gasteiger partial charge in [-0.15, -0.1) is 0 Å². The molecule has 0 bridgehead atoms. The first-order valence-electron chi connectivity index (χ1n) is 7.83. The Balaban J connectivity index is 2.05. The Labute approximate surface area is 148 Å². The van der Waals surface area contributed by atoms with Gasteiger partial charge in [0.15, 0.2) is 0 Å². The molecule has 0 aliphatic carbocycles. The van der Waals surface area contributed by atoms with Crippen molar-refractivity contribution in [1.29, 1.82) is 0 Å². The van der Waals surface area contributed by atoms with Crippen LogP contribution in [0.4, 0.5) is 14.9 Å². The lowest BCUT2D eigenvalue weighted by Crippen LogP contribution is -2.40. The van der Waals surface area contributed by atoms with Crippen molar-refractivity contribution in [2.75, 3.05) is 18.0 Å². The summed E-state index contributed by atoms with van der Waals surface area (Å²) in [5.41, 5.74) is -0.0347. The molecule has 1 radical (unpaired) electrons. The van der Waals surface area contributed by atoms with E-state index >= 15 is 0 Å². The number of hydrogen-bond donors (Lipinski definition) is 2. The second kappa shape index (κ2) is 8.01. The molecule has 1 heterocycles. The zero-order valence-corrected chi connectivity index (χ0v) is 15.2. The van der Waals surface area contributed by atoms with E-state index in [2.05, 4.69) is 9.50 Å². The molecular formula is C16H22FN2O5S. The Morgan fingerprint density at radius 2 is 2.12 bits per heavy atom. The van der Waals surface area contributed by atoms with Gasteiger partial charge >= 0.3 is 6.09 Å². The second-order valence-electron chi connectivity index (χ2n) is 6.70. The standard InChI is InChI=1S/C16H22FN2O5S/c1-16(2,3)24-15(20)18-12-7-8-19(9-12)14-11(10-23-25(21)22)5-4-6-13(14)17/h4-6,10,12,25H,7-9H2,1-3H3,(H,18,20)/t12-/m0/s1. The molecule has 1 fully saturated rings. The first-order valence-corrected chi connectivity index (χ1v) is 8.92. The molecule has 1 aliphatic rings. The van der Waals surface area contributed by atoms with Gasteiger partial charge in [-0.1, -0.05) is 12.1 Å². The van der Waals surface area contributed by atoms with Crippen LogP contribution in [-0.4, -0.2) is 39.2 Å². The molecule has 0 aromatic heterocycles. The molecule has 0 unspecified atom stereocenters. The van der Waals surface area contributed by atoms with Crippen molar-refractivity contribution >= 4 is 22.8 Å². The number of anilines is 1. The number of benzene rings is 1. The van der Waals surface area contributed by atoms with Crippen LogP contribution in [0.25, 0.3) is 0 Å². The molecular weight excluding hydrogens is 351 g/mol. The van der Waals surface area contributed by atoms with Crippen LogP contribution in [-0.2, 0) is 19.9 Å². The Hall–Kier alpha value is -1.87. The minimum atomic E-state index is -3.06. The van der Waals surface area contributed by atoms with E-state index in [0.29, 0.717) is 25.1 Å². The molecule has 25 heavy (non-hydrogen) atoms. The van der Waals surface area contributed by atoms with Gasteiger partial charge < -0.3 is 15.0 Å². The number of amides is 1. The number of nitrogens with one attached hydrogen (secondary N) is 1. The highest BCUT2D eigenvalue weighted by atomic mass is 32.2. The number of para-hydroxylation sites is 1. The number of alkyl carbamates (subject to hydrolysis) is 1. The fraction of sp³-hybridized carbons (Fsp3) is 0.500. The topological polar surface area (TPSA) is 84.9 Å². The van der Waals surface area contributed by atoms with Crippen molar-refractivity contribution in [3.63, 3.8) is 0 Å². The van der Waals surface area contributed by atoms with Crippen LogP contribution in [0, 0.1) is 12.4 Å². The number of ether oxygens (including phenoxy) is 1. The molecule has 1 aromatic carbocycles. The van der Waals surface area contributed by atoms with Crippen LogP contribution in [0.3, 0.4) is 0 Å². The number of carbonyl (C=O) groups is 1. The van der Waals surface area contributed by atoms with E-state index in [1.54, 1.807) is 31.7 Å². The Morgan fingerprint density at radius 1 is 1.40 bits per heavy atom. The molecule has 0 saturated carbocycles. The van der Waals surface area contributed by atoms with E-state index in [9.17, 15) is 17.6 Å². The van der Waals surface area contributed by atoms with Gasteiger partial charge in [0.25, 0.3) is 11.0 Å². The van der Waals surface area contributed by atoms with Gasteiger partial charge in [0.2, 0.25) is 0 Å². The van der Waals surface area contributed by atoms with Crippen molar-refractivity contribution in [3.05, 3.63) is 36.2 Å². The van der Waals surface area contributed by atoms with E-state index in [0.717, 1.165) is 6.61 Å². The summed E-state index contributed by atoms with van der Waals surface area (Å²) >= 11 is 0. The monoisotopic (exact) mass is 373 g/mol. The Morgan fingerprint density at radius 3 is 2.76 bits per heavy atom. The van der Waals surface area contributed by atoms with Crippen molar-refractivity contribution in [2.45, 2.75) is 38.8 Å². The van der Waals surface area contributed by atoms with Gasteiger partial charge in [-0.2, -0.15) is 0 Å². The molecule has 1 N–H and O–H groups in total. The lowest BCUT2D eigenvalue weighted by atomic mass is 10.1. The molecule has 139 valence electrons. The summed E-state index contributed by atoms with van der Waals surface area (Å²) in [5, 5.41) is 2.76. The second-order valence-corrected chi connectivity index (χ2v) is 7.36. The van der Waals surface area contributed by atoms with Crippen LogP contribution in [0.5, 0.6) is 0 Å². The summed E-state index contributed by atoms with van der Waals surface area (Å²) in [6.07, 6.45) is 0.0929. The molecule has 1 amide bonds. The molecule has 1 saturated heterocycles. The minimum absolute atomic E-state index is 0.195. The third-order valence-corrected chi connectivity index (χ3v) is 3.79. The van der Waals surface area contributed by atoms with Crippen LogP contribution in [0.15, 0.2) is 18.2 Å². The summed E-state index contributed by atoms with van der Waals surface area (Å²) < 4.78 is 45.1. The maximum absolute atomic E-state index is 14.3. The molecule has 1 aliphatic heterocycles. The first kappa shape index (κ1) is 19.5. The Bertz CT molecular complexity index is 694. The number of thiol groups is 1. The van der Waals surface area contributed by atoms with Gasteiger partial charge in [0.05, 0.1) is 11.7 Å². The molecule has 7 nitrogen and oxygen atoms in total. The van der Waals surface area contributed by atoms with E-state index in [1.165, 1.54) is 12.1 Å². The van der Waals surface area contributed by atoms with E-state index in [1.807, 2.05) is 0 Å². The third-order valence-electron chi connectivity index (χ3n) is 3.51. The highest BCUT2D eigenvalue weighted by Gasteiger charge is 2.29. The minimum Gasteiger partial charge on any atom is -0.444 e. The summed E-state index contributed by atoms with van der Waals surface area (Å²) in [7, 11) is -3.06. The molecule has 1 atom stereocenters. The largest absolute Gasteiger partial charge is 0.444 e. The van der Waals surface area contributed by atoms with Gasteiger partial charge in [-0.3, -0.25) is 4.18 Å². The summed E-state index contributed by atoms with van der Waals surface area (Å²) in [5.74, 6) is -0.489. The maximum Gasteiger partial charge on any atom is 0.407 e. The van der Waals surface area contributed by atoms with Gasteiger partial charge in [0.1, 0.15) is 18.0 Å². The third kappa shape index (κ3) is 5.86. The number of carbonyl (C=O) groups excluding carboxylic acids is 1. The predicted molar refractivity (Wildman–Crippen MR) is 91.2 cm³/mol. The van der Waals surface area contributed by atoms with Gasteiger partial charge in [-0.25, -0.2) is 17.6 Å². The van der Waals surface area contributed by atoms with Gasteiger partial charge in [0, 0.05) is 18.7 Å². The van der Waals surface area contributed by atoms with Crippen molar-refractivity contribution < 1.29 is 26.5 Å². The van der Waals surface area contributed by atoms with E-state index in [-0.39, 0.29) is 11.7 Å². The smallest absolute Gasteiger partial charge is 0.407 e. The summed E-state index contributed by atoms with van der Waals surface area (Å²) in [4.78, 5) is 13.6. The van der Waals surface area contributed by atoms with E-state index < -0.39 is 28.5 Å². The van der Waals surface area contributed by atoms with Crippen LogP contribution < -0.4 is 10.2 Å². The zero-order chi connectivity index (χ0) is 18.6. The van der Waals surface area contributed by atoms with Gasteiger partial charge in [-0.05, 0) is 33.3 Å². The number of nitrogens with zero attached hydrogens (tertiary/aromatic N) is 1. The highest BCUT2D eigenvalue weighted by Crippen LogP contribution is 2.29. The summed E-state index contributed by atoms with van der Waals surface area (Å²) in [6, 6.07) is 4.13. The van der Waals surface area contributed by atoms with Crippen LogP contribution >= 0.6 is 0 Å². The average Bonchev–Trinajstić information content (AvgIpc) is 2.90. The first-order chi connectivity index (χ1) is 11.7. The molecule has 1 aromatic rings. The van der Waals surface area contributed by atoms with Crippen LogP contribution in [0.2, 0.25) is 0 Å². The fourth-order valence-electron chi connectivity index (χ4n) is 2.62. The quantitative estimate of drug-likeness (QED) is 0.768.